The maximum Gasteiger partial charge on any atom is 0.341 e. The molecular weight excluding hydrogens is 290 g/mol. The molecule has 0 bridgehead atoms. The third kappa shape index (κ3) is 3.89. The number of hydrogen-bond acceptors (Lipinski definition) is 6. The Labute approximate surface area is 125 Å². The molecule has 0 unspecified atom stereocenters. The van der Waals surface area contributed by atoms with Crippen LogP contribution in [0.3, 0.4) is 0 Å². The van der Waals surface area contributed by atoms with Gasteiger partial charge in [0, 0.05) is 12.1 Å². The second-order valence-electron chi connectivity index (χ2n) is 4.15. The van der Waals surface area contributed by atoms with Gasteiger partial charge in [-0.15, -0.1) is 0 Å². The first-order valence-electron chi connectivity index (χ1n) is 6.21. The molecule has 0 aromatic heterocycles. The van der Waals surface area contributed by atoms with Gasteiger partial charge in [0.25, 0.3) is 5.69 Å². The predicted molar refractivity (Wildman–Crippen MR) is 75.2 cm³/mol. The largest absolute Gasteiger partial charge is 0.424 e. The first kappa shape index (κ1) is 15.2. The van der Waals surface area contributed by atoms with E-state index < -0.39 is 23.7 Å². The van der Waals surface area contributed by atoms with E-state index in [0.717, 1.165) is 0 Å². The summed E-state index contributed by atoms with van der Waals surface area (Å²) in [6.45, 7) is -0.538. The van der Waals surface area contributed by atoms with Gasteiger partial charge >= 0.3 is 11.9 Å². The van der Waals surface area contributed by atoms with E-state index in [1.165, 1.54) is 24.3 Å². The first-order chi connectivity index (χ1) is 10.6. The molecule has 2 aromatic rings. The number of benzene rings is 2. The number of hydrogen-bond donors (Lipinski definition) is 0. The quantitative estimate of drug-likeness (QED) is 0.364. The lowest BCUT2D eigenvalue weighted by molar-refractivity contribution is -0.384. The Morgan fingerprint density at radius 3 is 1.86 bits per heavy atom. The molecule has 7 heteroatoms. The molecular formula is C15H11NO6. The normalized spacial score (nSPS) is 9.82. The average molecular weight is 301 g/mol. The number of carbonyl (C=O) groups excluding carboxylic acids is 2. The van der Waals surface area contributed by atoms with Crippen LogP contribution in [0.25, 0.3) is 0 Å². The number of non-ortho nitro benzene ring substituents is 1. The zero-order chi connectivity index (χ0) is 15.9. The summed E-state index contributed by atoms with van der Waals surface area (Å²) in [5.41, 5.74) is 0.335. The van der Waals surface area contributed by atoms with Gasteiger partial charge in [0.2, 0.25) is 6.79 Å². The van der Waals surface area contributed by atoms with Crippen LogP contribution >= 0.6 is 0 Å². The van der Waals surface area contributed by atoms with E-state index in [0.29, 0.717) is 5.56 Å². The first-order valence-corrected chi connectivity index (χ1v) is 6.21. The van der Waals surface area contributed by atoms with Gasteiger partial charge in [-0.05, 0) is 24.3 Å². The van der Waals surface area contributed by atoms with Crippen LogP contribution in [0.5, 0.6) is 0 Å². The minimum Gasteiger partial charge on any atom is -0.424 e. The molecule has 0 aliphatic rings. The number of nitro benzene ring substituents is 1. The van der Waals surface area contributed by atoms with Crippen LogP contribution in [0, 0.1) is 10.1 Å². The van der Waals surface area contributed by atoms with Crippen LogP contribution in [0.2, 0.25) is 0 Å². The Balaban J connectivity index is 1.85. The van der Waals surface area contributed by atoms with Gasteiger partial charge in [0.05, 0.1) is 16.1 Å². The molecule has 0 saturated carbocycles. The molecule has 22 heavy (non-hydrogen) atoms. The zero-order valence-corrected chi connectivity index (χ0v) is 11.3. The molecule has 0 heterocycles. The molecule has 0 aliphatic carbocycles. The second kappa shape index (κ2) is 6.98. The van der Waals surface area contributed by atoms with E-state index >= 15 is 0 Å². The predicted octanol–water partition coefficient (Wildman–Crippen LogP) is 2.57. The van der Waals surface area contributed by atoms with Gasteiger partial charge in [0.1, 0.15) is 0 Å². The highest BCUT2D eigenvalue weighted by Gasteiger charge is 2.12. The van der Waals surface area contributed by atoms with E-state index in [1.807, 2.05) is 0 Å². The Hall–Kier alpha value is -3.22. The summed E-state index contributed by atoms with van der Waals surface area (Å²) in [5, 5.41) is 10.5. The van der Waals surface area contributed by atoms with Crippen LogP contribution < -0.4 is 0 Å². The fourth-order valence-corrected chi connectivity index (χ4v) is 1.60. The minimum atomic E-state index is -0.740. The third-order valence-corrected chi connectivity index (χ3v) is 2.70. The van der Waals surface area contributed by atoms with Gasteiger partial charge in [-0.3, -0.25) is 10.1 Å². The van der Waals surface area contributed by atoms with Crippen molar-refractivity contribution in [1.82, 2.24) is 0 Å². The molecule has 2 rings (SSSR count). The maximum atomic E-state index is 11.7. The molecule has 112 valence electrons. The Morgan fingerprint density at radius 1 is 0.864 bits per heavy atom. The number of esters is 2. The van der Waals surface area contributed by atoms with Gasteiger partial charge in [-0.1, -0.05) is 18.2 Å². The van der Waals surface area contributed by atoms with E-state index in [9.17, 15) is 19.7 Å². The maximum absolute atomic E-state index is 11.7. The summed E-state index contributed by atoms with van der Waals surface area (Å²) in [5.74, 6) is -1.35. The van der Waals surface area contributed by atoms with Crippen LogP contribution in [-0.2, 0) is 9.47 Å². The number of nitro groups is 1. The minimum absolute atomic E-state index is 0.126. The highest BCUT2D eigenvalue weighted by molar-refractivity contribution is 5.90. The van der Waals surface area contributed by atoms with E-state index in [-0.39, 0.29) is 11.3 Å². The van der Waals surface area contributed by atoms with Gasteiger partial charge in [-0.2, -0.15) is 0 Å². The van der Waals surface area contributed by atoms with E-state index in [1.54, 1.807) is 30.3 Å². The molecule has 7 nitrogen and oxygen atoms in total. The van der Waals surface area contributed by atoms with Crippen LogP contribution in [0.1, 0.15) is 20.7 Å². The number of ether oxygens (including phenoxy) is 2. The second-order valence-corrected chi connectivity index (χ2v) is 4.15. The van der Waals surface area contributed by atoms with Gasteiger partial charge in [0.15, 0.2) is 0 Å². The molecule has 0 radical (unpaired) electrons. The highest BCUT2D eigenvalue weighted by atomic mass is 16.7. The van der Waals surface area contributed by atoms with Crippen molar-refractivity contribution in [3.05, 3.63) is 75.8 Å². The van der Waals surface area contributed by atoms with Crippen molar-refractivity contribution in [1.29, 1.82) is 0 Å². The van der Waals surface area contributed by atoms with Crippen LogP contribution in [-0.4, -0.2) is 23.7 Å². The standard InChI is InChI=1S/C15H11NO6/c17-14(11-4-2-1-3-5-11)21-10-22-15(18)12-6-8-13(9-7-12)16(19)20/h1-9H,10H2. The summed E-state index contributed by atoms with van der Waals surface area (Å²) >= 11 is 0. The van der Waals surface area contributed by atoms with E-state index in [2.05, 4.69) is 0 Å². The molecule has 0 aliphatic heterocycles. The molecule has 2 aromatic carbocycles. The van der Waals surface area contributed by atoms with Crippen molar-refractivity contribution in [3.8, 4) is 0 Å². The van der Waals surface area contributed by atoms with Crippen molar-refractivity contribution in [3.63, 3.8) is 0 Å². The monoisotopic (exact) mass is 301 g/mol. The van der Waals surface area contributed by atoms with Crippen LogP contribution in [0.4, 0.5) is 5.69 Å². The van der Waals surface area contributed by atoms with Gasteiger partial charge in [-0.25, -0.2) is 9.59 Å². The summed E-state index contributed by atoms with van der Waals surface area (Å²) in [6.07, 6.45) is 0. The highest BCUT2D eigenvalue weighted by Crippen LogP contribution is 2.12. The van der Waals surface area contributed by atoms with E-state index in [4.69, 9.17) is 9.47 Å². The Morgan fingerprint density at radius 2 is 1.36 bits per heavy atom. The Bertz CT molecular complexity index is 681. The third-order valence-electron chi connectivity index (χ3n) is 2.70. The number of nitrogens with zero attached hydrogens (tertiary/aromatic N) is 1. The summed E-state index contributed by atoms with van der Waals surface area (Å²) in [7, 11) is 0. The Kier molecular flexibility index (Phi) is 4.81. The number of carbonyl (C=O) groups is 2. The van der Waals surface area contributed by atoms with Gasteiger partial charge < -0.3 is 9.47 Å². The molecule has 0 amide bonds. The number of rotatable bonds is 5. The van der Waals surface area contributed by atoms with Crippen molar-refractivity contribution in [2.75, 3.05) is 6.79 Å². The fourth-order valence-electron chi connectivity index (χ4n) is 1.60. The van der Waals surface area contributed by atoms with Crippen molar-refractivity contribution in [2.45, 2.75) is 0 Å². The SMILES string of the molecule is O=C(OCOC(=O)c1ccc([N+](=O)[O-])cc1)c1ccccc1. The average Bonchev–Trinajstić information content (AvgIpc) is 2.55. The summed E-state index contributed by atoms with van der Waals surface area (Å²) in [6, 6.07) is 13.2. The lowest BCUT2D eigenvalue weighted by atomic mass is 10.2. The van der Waals surface area contributed by atoms with Crippen LogP contribution in [0.15, 0.2) is 54.6 Å². The van der Waals surface area contributed by atoms with Crippen molar-refractivity contribution in [2.24, 2.45) is 0 Å². The smallest absolute Gasteiger partial charge is 0.341 e. The fraction of sp³-hybridized carbons (Fsp3) is 0.0667. The lowest BCUT2D eigenvalue weighted by Crippen LogP contribution is -2.13. The molecule has 0 spiro atoms. The van der Waals surface area contributed by atoms with Crippen molar-refractivity contribution < 1.29 is 24.0 Å². The summed E-state index contributed by atoms with van der Waals surface area (Å²) in [4.78, 5) is 33.2. The molecule has 0 fully saturated rings. The summed E-state index contributed by atoms with van der Waals surface area (Å²) < 4.78 is 9.56. The lowest BCUT2D eigenvalue weighted by Gasteiger charge is -2.06. The molecule has 0 N–H and O–H groups in total. The topological polar surface area (TPSA) is 95.7 Å². The zero-order valence-electron chi connectivity index (χ0n) is 11.3. The molecule has 0 saturated heterocycles. The van der Waals surface area contributed by atoms with Crippen molar-refractivity contribution >= 4 is 17.6 Å². The molecule has 0 atom stereocenters.